The van der Waals surface area contributed by atoms with E-state index >= 15 is 0 Å². The summed E-state index contributed by atoms with van der Waals surface area (Å²) in [5.74, 6) is 0.783. The number of pyridine rings is 1. The fourth-order valence-electron chi connectivity index (χ4n) is 1.26. The fraction of sp³-hybridized carbons (Fsp3) is 0.545. The highest BCUT2D eigenvalue weighted by Crippen LogP contribution is 2.11. The van der Waals surface area contributed by atoms with Crippen LogP contribution < -0.4 is 10.6 Å². The van der Waals surface area contributed by atoms with E-state index in [1.807, 2.05) is 19.1 Å². The number of nitrogens with zero attached hydrogens (tertiary/aromatic N) is 1. The molecule has 0 aliphatic rings. The van der Waals surface area contributed by atoms with Crippen LogP contribution in [0.5, 0.6) is 0 Å². The van der Waals surface area contributed by atoms with Crippen LogP contribution in [0.4, 0.5) is 20.3 Å². The van der Waals surface area contributed by atoms with Gasteiger partial charge in [-0.3, -0.25) is 0 Å². The molecule has 1 aromatic heterocycles. The van der Waals surface area contributed by atoms with Crippen molar-refractivity contribution in [1.29, 1.82) is 0 Å². The molecule has 0 saturated carbocycles. The Morgan fingerprint density at radius 1 is 1.41 bits per heavy atom. The highest BCUT2D eigenvalue weighted by atomic mass is 19.3. The maximum Gasteiger partial charge on any atom is 0.261 e. The third kappa shape index (κ3) is 6.01. The molecule has 0 fully saturated rings. The van der Waals surface area contributed by atoms with Crippen LogP contribution in [-0.4, -0.2) is 37.7 Å². The average Bonchev–Trinajstić information content (AvgIpc) is 2.29. The third-order valence-electron chi connectivity index (χ3n) is 1.94. The lowest BCUT2D eigenvalue weighted by Crippen LogP contribution is -2.13. The van der Waals surface area contributed by atoms with Crippen LogP contribution in [0.15, 0.2) is 18.3 Å². The zero-order valence-electron chi connectivity index (χ0n) is 9.75. The number of nitrogens with one attached hydrogen (secondary N) is 2. The van der Waals surface area contributed by atoms with E-state index in [0.29, 0.717) is 6.54 Å². The van der Waals surface area contributed by atoms with Gasteiger partial charge in [-0.25, -0.2) is 13.8 Å². The molecule has 0 aliphatic carbocycles. The molecule has 4 nitrogen and oxygen atoms in total. The quantitative estimate of drug-likeness (QED) is 0.689. The second-order valence-electron chi connectivity index (χ2n) is 3.35. The van der Waals surface area contributed by atoms with E-state index in [1.165, 1.54) is 0 Å². The van der Waals surface area contributed by atoms with Gasteiger partial charge in [-0.1, -0.05) is 0 Å². The number of halogens is 2. The standard InChI is InChI=1S/C11H17F2N3O/c1-2-14-11-7-9(3-4-16-11)15-5-6-17-8-10(12)13/h3-4,7,10H,2,5-6,8H2,1H3,(H2,14,15,16). The normalized spacial score (nSPS) is 10.6. The van der Waals surface area contributed by atoms with Crippen LogP contribution in [0.1, 0.15) is 6.92 Å². The molecule has 0 saturated heterocycles. The predicted octanol–water partition coefficient (Wildman–Crippen LogP) is 2.21. The Balaban J connectivity index is 2.24. The minimum absolute atomic E-state index is 0.253. The van der Waals surface area contributed by atoms with E-state index in [-0.39, 0.29) is 6.61 Å². The number of rotatable bonds is 8. The molecule has 96 valence electrons. The van der Waals surface area contributed by atoms with Crippen LogP contribution in [0.3, 0.4) is 0 Å². The lowest BCUT2D eigenvalue weighted by Gasteiger charge is -2.08. The number of hydrogen-bond donors (Lipinski definition) is 2. The van der Waals surface area contributed by atoms with Crippen molar-refractivity contribution in [2.75, 3.05) is 36.9 Å². The molecular formula is C11H17F2N3O. The molecule has 0 aliphatic heterocycles. The van der Waals surface area contributed by atoms with Gasteiger partial charge in [-0.05, 0) is 13.0 Å². The second-order valence-corrected chi connectivity index (χ2v) is 3.35. The van der Waals surface area contributed by atoms with Gasteiger partial charge in [-0.2, -0.15) is 0 Å². The van der Waals surface area contributed by atoms with Crippen molar-refractivity contribution >= 4 is 11.5 Å². The van der Waals surface area contributed by atoms with Gasteiger partial charge in [0.15, 0.2) is 0 Å². The van der Waals surface area contributed by atoms with Crippen molar-refractivity contribution in [3.8, 4) is 0 Å². The number of aromatic nitrogens is 1. The van der Waals surface area contributed by atoms with E-state index in [4.69, 9.17) is 4.74 Å². The summed E-state index contributed by atoms with van der Waals surface area (Å²) in [6, 6.07) is 3.67. The summed E-state index contributed by atoms with van der Waals surface area (Å²) < 4.78 is 28.3. The first-order valence-corrected chi connectivity index (χ1v) is 5.52. The Morgan fingerprint density at radius 2 is 2.24 bits per heavy atom. The first-order chi connectivity index (χ1) is 8.22. The largest absolute Gasteiger partial charge is 0.383 e. The highest BCUT2D eigenvalue weighted by Gasteiger charge is 2.01. The molecule has 0 aromatic carbocycles. The Kier molecular flexibility index (Phi) is 6.24. The van der Waals surface area contributed by atoms with Gasteiger partial charge in [0, 0.05) is 31.0 Å². The predicted molar refractivity (Wildman–Crippen MR) is 63.7 cm³/mol. The van der Waals surface area contributed by atoms with Crippen molar-refractivity contribution in [2.24, 2.45) is 0 Å². The molecule has 6 heteroatoms. The molecule has 0 bridgehead atoms. The van der Waals surface area contributed by atoms with Crippen LogP contribution in [0, 0.1) is 0 Å². The van der Waals surface area contributed by atoms with E-state index in [9.17, 15) is 8.78 Å². The lowest BCUT2D eigenvalue weighted by atomic mass is 10.4. The van der Waals surface area contributed by atoms with Crippen LogP contribution in [0.25, 0.3) is 0 Å². The monoisotopic (exact) mass is 245 g/mol. The van der Waals surface area contributed by atoms with Crippen molar-refractivity contribution in [3.05, 3.63) is 18.3 Å². The van der Waals surface area contributed by atoms with Crippen LogP contribution in [-0.2, 0) is 4.74 Å². The smallest absolute Gasteiger partial charge is 0.261 e. The number of anilines is 2. The van der Waals surface area contributed by atoms with Crippen molar-refractivity contribution in [2.45, 2.75) is 13.3 Å². The maximum atomic E-state index is 11.8. The molecular weight excluding hydrogens is 228 g/mol. The summed E-state index contributed by atoms with van der Waals surface area (Å²) in [5, 5.41) is 6.15. The molecule has 17 heavy (non-hydrogen) atoms. The average molecular weight is 245 g/mol. The highest BCUT2D eigenvalue weighted by molar-refractivity contribution is 5.51. The third-order valence-corrected chi connectivity index (χ3v) is 1.94. The summed E-state index contributed by atoms with van der Waals surface area (Å²) in [6.07, 6.45) is -0.725. The van der Waals surface area contributed by atoms with Crippen molar-refractivity contribution in [1.82, 2.24) is 4.98 Å². The minimum atomic E-state index is -2.41. The minimum Gasteiger partial charge on any atom is -0.383 e. The fourth-order valence-corrected chi connectivity index (χ4v) is 1.26. The second kappa shape index (κ2) is 7.78. The summed E-state index contributed by atoms with van der Waals surface area (Å²) in [4.78, 5) is 4.12. The van der Waals surface area contributed by atoms with Gasteiger partial charge < -0.3 is 15.4 Å². The van der Waals surface area contributed by atoms with Crippen LogP contribution >= 0.6 is 0 Å². The maximum absolute atomic E-state index is 11.8. The summed E-state index contributed by atoms with van der Waals surface area (Å²) in [7, 11) is 0. The van der Waals surface area contributed by atoms with Crippen molar-refractivity contribution < 1.29 is 13.5 Å². The molecule has 0 unspecified atom stereocenters. The Morgan fingerprint density at radius 3 is 2.94 bits per heavy atom. The van der Waals surface area contributed by atoms with Crippen LogP contribution in [0.2, 0.25) is 0 Å². The number of hydrogen-bond acceptors (Lipinski definition) is 4. The molecule has 1 rings (SSSR count). The van der Waals surface area contributed by atoms with Gasteiger partial charge >= 0.3 is 0 Å². The van der Waals surface area contributed by atoms with E-state index in [1.54, 1.807) is 6.20 Å². The Hall–Kier alpha value is -1.43. The SMILES string of the molecule is CCNc1cc(NCCOCC(F)F)ccn1. The molecule has 2 N–H and O–H groups in total. The summed E-state index contributed by atoms with van der Waals surface area (Å²) in [6.45, 7) is 3.01. The molecule has 0 atom stereocenters. The molecule has 1 aromatic rings. The van der Waals surface area contributed by atoms with Gasteiger partial charge in [0.05, 0.1) is 6.61 Å². The van der Waals surface area contributed by atoms with E-state index in [0.717, 1.165) is 18.1 Å². The summed E-state index contributed by atoms with van der Waals surface area (Å²) in [5.41, 5.74) is 0.886. The summed E-state index contributed by atoms with van der Waals surface area (Å²) >= 11 is 0. The topological polar surface area (TPSA) is 46.2 Å². The van der Waals surface area contributed by atoms with Gasteiger partial charge in [0.25, 0.3) is 6.43 Å². The van der Waals surface area contributed by atoms with Gasteiger partial charge in [0.1, 0.15) is 12.4 Å². The zero-order valence-corrected chi connectivity index (χ0v) is 9.75. The van der Waals surface area contributed by atoms with Gasteiger partial charge in [-0.15, -0.1) is 0 Å². The van der Waals surface area contributed by atoms with Crippen molar-refractivity contribution in [3.63, 3.8) is 0 Å². The van der Waals surface area contributed by atoms with Gasteiger partial charge in [0.2, 0.25) is 0 Å². The zero-order chi connectivity index (χ0) is 12.5. The Labute approximate surface area is 99.4 Å². The molecule has 1 heterocycles. The molecule has 0 spiro atoms. The number of ether oxygens (including phenoxy) is 1. The molecule has 0 amide bonds. The molecule has 0 radical (unpaired) electrons. The number of alkyl halides is 2. The first kappa shape index (κ1) is 13.6. The Bertz CT molecular complexity index is 323. The first-order valence-electron chi connectivity index (χ1n) is 5.52. The van der Waals surface area contributed by atoms with E-state index < -0.39 is 13.0 Å². The van der Waals surface area contributed by atoms with E-state index in [2.05, 4.69) is 15.6 Å². The lowest BCUT2D eigenvalue weighted by molar-refractivity contribution is 0.0215.